The van der Waals surface area contributed by atoms with E-state index in [2.05, 4.69) is 10.3 Å². The molecule has 4 rings (SSSR count). The van der Waals surface area contributed by atoms with Gasteiger partial charge in [0.1, 0.15) is 17.0 Å². The van der Waals surface area contributed by atoms with Crippen LogP contribution in [0, 0.1) is 6.92 Å². The first-order valence-corrected chi connectivity index (χ1v) is 10.6. The number of nitrogens with one attached hydrogen (secondary N) is 2. The predicted octanol–water partition coefficient (Wildman–Crippen LogP) is 4.33. The maximum absolute atomic E-state index is 12.9. The summed E-state index contributed by atoms with van der Waals surface area (Å²) >= 11 is 0. The van der Waals surface area contributed by atoms with Crippen LogP contribution in [-0.4, -0.2) is 27.7 Å². The highest BCUT2D eigenvalue weighted by molar-refractivity contribution is 6.08. The number of carbonyl (C=O) groups excluding carboxylic acids is 1. The van der Waals surface area contributed by atoms with Crippen molar-refractivity contribution in [2.45, 2.75) is 26.4 Å². The van der Waals surface area contributed by atoms with Gasteiger partial charge in [-0.1, -0.05) is 23.8 Å². The topological polar surface area (TPSA) is 96.3 Å². The minimum absolute atomic E-state index is 0.249. The number of nitrogens with zero attached hydrogens (tertiary/aromatic N) is 1. The lowest BCUT2D eigenvalue weighted by Gasteiger charge is -2.20. The number of aromatic nitrogens is 2. The molecule has 0 saturated carbocycles. The van der Waals surface area contributed by atoms with Crippen LogP contribution in [0.3, 0.4) is 0 Å². The molecule has 0 saturated heterocycles. The number of amides is 1. The normalized spacial score (nSPS) is 11.6. The van der Waals surface area contributed by atoms with Crippen molar-refractivity contribution in [3.8, 4) is 16.9 Å². The van der Waals surface area contributed by atoms with Gasteiger partial charge in [-0.05, 0) is 56.7 Å². The van der Waals surface area contributed by atoms with Gasteiger partial charge in [0.25, 0.3) is 11.5 Å². The van der Waals surface area contributed by atoms with E-state index in [0.717, 1.165) is 5.56 Å². The Bertz CT molecular complexity index is 1410. The number of hydrogen-bond donors (Lipinski definition) is 3. The minimum atomic E-state index is -1.06. The number of anilines is 1. The monoisotopic (exact) mass is 445 g/mol. The van der Waals surface area contributed by atoms with Crippen molar-refractivity contribution in [3.05, 3.63) is 81.9 Å². The number of pyridine rings is 1. The zero-order chi connectivity index (χ0) is 23.9. The lowest BCUT2D eigenvalue weighted by Crippen LogP contribution is -2.18. The SMILES string of the molecule is COc1ccc(C(C)(C)O)cc1-c1cn(C)c(=O)c2[nH]c(C(=O)Nc3ccc(C)cc3)cc12. The molecule has 0 aliphatic heterocycles. The molecule has 1 amide bonds. The number of methoxy groups -OCH3 is 1. The van der Waals surface area contributed by atoms with Gasteiger partial charge >= 0.3 is 0 Å². The molecule has 7 heteroatoms. The summed E-state index contributed by atoms with van der Waals surface area (Å²) in [5.41, 5.74) is 3.16. The van der Waals surface area contributed by atoms with Crippen LogP contribution in [0.25, 0.3) is 22.0 Å². The maximum Gasteiger partial charge on any atom is 0.274 e. The van der Waals surface area contributed by atoms with Crippen molar-refractivity contribution in [1.29, 1.82) is 0 Å². The smallest absolute Gasteiger partial charge is 0.274 e. The van der Waals surface area contributed by atoms with Gasteiger partial charge in [0, 0.05) is 35.4 Å². The molecule has 0 radical (unpaired) electrons. The fourth-order valence-electron chi connectivity index (χ4n) is 3.81. The lowest BCUT2D eigenvalue weighted by atomic mass is 9.93. The molecular weight excluding hydrogens is 418 g/mol. The number of aromatic amines is 1. The summed E-state index contributed by atoms with van der Waals surface area (Å²) in [6.07, 6.45) is 1.71. The third kappa shape index (κ3) is 4.27. The molecule has 0 fully saturated rings. The second-order valence-electron chi connectivity index (χ2n) is 8.72. The van der Waals surface area contributed by atoms with Crippen LogP contribution in [0.1, 0.15) is 35.5 Å². The number of benzene rings is 2. The van der Waals surface area contributed by atoms with E-state index in [0.29, 0.717) is 39.0 Å². The van der Waals surface area contributed by atoms with Gasteiger partial charge in [-0.15, -0.1) is 0 Å². The van der Waals surface area contributed by atoms with Crippen molar-refractivity contribution >= 4 is 22.5 Å². The average Bonchev–Trinajstić information content (AvgIpc) is 3.23. The third-order valence-corrected chi connectivity index (χ3v) is 5.71. The highest BCUT2D eigenvalue weighted by atomic mass is 16.5. The molecule has 0 aliphatic carbocycles. The Morgan fingerprint density at radius 2 is 1.79 bits per heavy atom. The number of aryl methyl sites for hydroxylation is 2. The summed E-state index contributed by atoms with van der Waals surface area (Å²) < 4.78 is 7.04. The molecule has 2 heterocycles. The van der Waals surface area contributed by atoms with Crippen LogP contribution >= 0.6 is 0 Å². The lowest BCUT2D eigenvalue weighted by molar-refractivity contribution is 0.0786. The van der Waals surface area contributed by atoms with Gasteiger partial charge in [-0.25, -0.2) is 0 Å². The van der Waals surface area contributed by atoms with Crippen LogP contribution in [0.15, 0.2) is 59.5 Å². The quantitative estimate of drug-likeness (QED) is 0.426. The number of H-pyrrole nitrogens is 1. The Morgan fingerprint density at radius 1 is 1.09 bits per heavy atom. The second kappa shape index (κ2) is 8.26. The summed E-state index contributed by atoms with van der Waals surface area (Å²) in [6.45, 7) is 5.39. The summed E-state index contributed by atoms with van der Waals surface area (Å²) in [5, 5.41) is 14.0. The largest absolute Gasteiger partial charge is 0.496 e. The van der Waals surface area contributed by atoms with Crippen LogP contribution in [0.5, 0.6) is 5.75 Å². The molecule has 33 heavy (non-hydrogen) atoms. The fourth-order valence-corrected chi connectivity index (χ4v) is 3.81. The Kier molecular flexibility index (Phi) is 5.59. The number of carbonyl (C=O) groups is 1. The van der Waals surface area contributed by atoms with Gasteiger partial charge in [0.15, 0.2) is 0 Å². The summed E-state index contributed by atoms with van der Waals surface area (Å²) in [7, 11) is 3.23. The van der Waals surface area contributed by atoms with Crippen LogP contribution in [0.4, 0.5) is 5.69 Å². The van der Waals surface area contributed by atoms with E-state index in [-0.39, 0.29) is 17.2 Å². The van der Waals surface area contributed by atoms with Crippen molar-refractivity contribution < 1.29 is 14.6 Å². The van der Waals surface area contributed by atoms with E-state index in [9.17, 15) is 14.7 Å². The maximum atomic E-state index is 12.9. The first-order chi connectivity index (χ1) is 15.6. The number of ether oxygens (including phenoxy) is 1. The van der Waals surface area contributed by atoms with Crippen LogP contribution in [-0.2, 0) is 12.6 Å². The summed E-state index contributed by atoms with van der Waals surface area (Å²) in [6, 6.07) is 14.6. The Morgan fingerprint density at radius 3 is 2.42 bits per heavy atom. The molecule has 0 aliphatic rings. The Hall–Kier alpha value is -3.84. The zero-order valence-corrected chi connectivity index (χ0v) is 19.3. The van der Waals surface area contributed by atoms with Gasteiger partial charge in [-0.3, -0.25) is 9.59 Å². The second-order valence-corrected chi connectivity index (χ2v) is 8.72. The van der Waals surface area contributed by atoms with Crippen molar-refractivity contribution in [2.75, 3.05) is 12.4 Å². The average molecular weight is 446 g/mol. The van der Waals surface area contributed by atoms with Gasteiger partial charge in [0.05, 0.1) is 12.7 Å². The fraction of sp³-hybridized carbons (Fsp3) is 0.231. The van der Waals surface area contributed by atoms with Gasteiger partial charge in [-0.2, -0.15) is 0 Å². The third-order valence-electron chi connectivity index (χ3n) is 5.71. The van der Waals surface area contributed by atoms with Gasteiger partial charge in [0.2, 0.25) is 0 Å². The standard InChI is InChI=1S/C26H27N3O4/c1-15-6-9-17(10-7-15)27-24(30)21-13-19-20(14-29(4)25(31)23(19)28-21)18-12-16(26(2,3)32)8-11-22(18)33-5/h6-14,28,32H,1-5H3,(H,27,30). The van der Waals surface area contributed by atoms with E-state index in [1.165, 1.54) is 4.57 Å². The van der Waals surface area contributed by atoms with E-state index < -0.39 is 5.60 Å². The van der Waals surface area contributed by atoms with Crippen LogP contribution in [0.2, 0.25) is 0 Å². The molecular formula is C26H27N3O4. The van der Waals surface area contributed by atoms with Crippen molar-refractivity contribution in [3.63, 3.8) is 0 Å². The number of rotatable bonds is 5. The van der Waals surface area contributed by atoms with Crippen LogP contribution < -0.4 is 15.6 Å². The number of hydrogen-bond acceptors (Lipinski definition) is 4. The van der Waals surface area contributed by atoms with Gasteiger partial charge < -0.3 is 24.7 Å². The predicted molar refractivity (Wildman–Crippen MR) is 130 cm³/mol. The molecule has 7 nitrogen and oxygen atoms in total. The van der Waals surface area contributed by atoms with E-state index >= 15 is 0 Å². The van der Waals surface area contributed by atoms with Crippen molar-refractivity contribution in [2.24, 2.45) is 7.05 Å². The molecule has 2 aromatic carbocycles. The highest BCUT2D eigenvalue weighted by Gasteiger charge is 2.22. The molecule has 0 unspecified atom stereocenters. The number of fused-ring (bicyclic) bond motifs is 1. The molecule has 3 N–H and O–H groups in total. The molecule has 4 aromatic rings. The molecule has 0 spiro atoms. The Balaban J connectivity index is 1.87. The molecule has 0 bridgehead atoms. The summed E-state index contributed by atoms with van der Waals surface area (Å²) in [5.74, 6) is 0.245. The molecule has 170 valence electrons. The van der Waals surface area contributed by atoms with E-state index in [4.69, 9.17) is 4.74 Å². The first kappa shape index (κ1) is 22.4. The van der Waals surface area contributed by atoms with E-state index in [1.807, 2.05) is 37.3 Å². The van der Waals surface area contributed by atoms with E-state index in [1.54, 1.807) is 52.4 Å². The summed E-state index contributed by atoms with van der Waals surface area (Å²) in [4.78, 5) is 28.8. The number of aliphatic hydroxyl groups is 1. The minimum Gasteiger partial charge on any atom is -0.496 e. The molecule has 0 atom stereocenters. The Labute approximate surface area is 191 Å². The first-order valence-electron chi connectivity index (χ1n) is 10.6. The van der Waals surface area contributed by atoms with Crippen molar-refractivity contribution in [1.82, 2.24) is 9.55 Å². The highest BCUT2D eigenvalue weighted by Crippen LogP contribution is 2.37. The zero-order valence-electron chi connectivity index (χ0n) is 19.3. The molecule has 2 aromatic heterocycles.